The fraction of sp³-hybridized carbons (Fsp3) is 0.500. The van der Waals surface area contributed by atoms with E-state index >= 15 is 0 Å². The van der Waals surface area contributed by atoms with Gasteiger partial charge in [-0.2, -0.15) is 5.26 Å². The van der Waals surface area contributed by atoms with Crippen molar-refractivity contribution >= 4 is 11.5 Å². The van der Waals surface area contributed by atoms with Crippen LogP contribution in [0.2, 0.25) is 0 Å². The number of nitrogens with two attached hydrogens (primary N) is 1. The lowest BCUT2D eigenvalue weighted by Gasteiger charge is -2.11. The molecule has 90 valence electrons. The molecule has 1 aromatic rings. The molecule has 1 saturated heterocycles. The fourth-order valence-corrected chi connectivity index (χ4v) is 1.92. The number of nitrogen functional groups attached to an aromatic ring is 1. The van der Waals surface area contributed by atoms with Crippen LogP contribution in [-0.4, -0.2) is 24.7 Å². The summed E-state index contributed by atoms with van der Waals surface area (Å²) < 4.78 is 5.31. The van der Waals surface area contributed by atoms with E-state index in [1.54, 1.807) is 12.3 Å². The van der Waals surface area contributed by atoms with Crippen LogP contribution >= 0.6 is 0 Å². The smallest absolute Gasteiger partial charge is 0.150 e. The first-order chi connectivity index (χ1) is 8.31. The first kappa shape index (κ1) is 11.7. The van der Waals surface area contributed by atoms with Crippen molar-refractivity contribution in [3.05, 3.63) is 17.8 Å². The number of rotatable bonds is 4. The third-order valence-corrected chi connectivity index (χ3v) is 2.98. The average molecular weight is 232 g/mol. The molecule has 1 aliphatic rings. The minimum absolute atomic E-state index is 0.428. The highest BCUT2D eigenvalue weighted by Crippen LogP contribution is 2.20. The first-order valence-electron chi connectivity index (χ1n) is 5.77. The summed E-state index contributed by atoms with van der Waals surface area (Å²) in [5, 5.41) is 12.0. The van der Waals surface area contributed by atoms with E-state index in [2.05, 4.69) is 10.3 Å². The van der Waals surface area contributed by atoms with Gasteiger partial charge in [0.25, 0.3) is 0 Å². The van der Waals surface area contributed by atoms with E-state index in [0.29, 0.717) is 23.0 Å². The summed E-state index contributed by atoms with van der Waals surface area (Å²) in [6.07, 6.45) is 3.76. The standard InChI is InChI=1S/C12H16N4O/c13-7-10-2-5-16-12(11(10)14)15-4-1-9-3-6-17-8-9/h2,5,9H,1,3-4,6,8,14H2,(H,15,16). The van der Waals surface area contributed by atoms with Gasteiger partial charge in [-0.3, -0.25) is 0 Å². The van der Waals surface area contributed by atoms with Crippen molar-refractivity contribution in [1.29, 1.82) is 5.26 Å². The van der Waals surface area contributed by atoms with Crippen LogP contribution in [0.25, 0.3) is 0 Å². The fourth-order valence-electron chi connectivity index (χ4n) is 1.92. The van der Waals surface area contributed by atoms with Crippen LogP contribution in [0, 0.1) is 17.2 Å². The van der Waals surface area contributed by atoms with E-state index in [-0.39, 0.29) is 0 Å². The summed E-state index contributed by atoms with van der Waals surface area (Å²) in [4.78, 5) is 4.13. The topological polar surface area (TPSA) is 84.0 Å². The van der Waals surface area contributed by atoms with Crippen molar-refractivity contribution in [3.63, 3.8) is 0 Å². The van der Waals surface area contributed by atoms with E-state index in [4.69, 9.17) is 15.7 Å². The molecule has 17 heavy (non-hydrogen) atoms. The average Bonchev–Trinajstić information content (AvgIpc) is 2.84. The third-order valence-electron chi connectivity index (χ3n) is 2.98. The van der Waals surface area contributed by atoms with Gasteiger partial charge >= 0.3 is 0 Å². The Bertz CT molecular complexity index is 421. The van der Waals surface area contributed by atoms with Gasteiger partial charge in [-0.05, 0) is 24.8 Å². The number of anilines is 2. The van der Waals surface area contributed by atoms with Gasteiger partial charge in [0.15, 0.2) is 5.82 Å². The Morgan fingerprint density at radius 3 is 3.24 bits per heavy atom. The summed E-state index contributed by atoms with van der Waals surface area (Å²) in [5.74, 6) is 1.23. The quantitative estimate of drug-likeness (QED) is 0.819. The number of aromatic nitrogens is 1. The minimum atomic E-state index is 0.428. The van der Waals surface area contributed by atoms with E-state index in [1.165, 1.54) is 0 Å². The molecule has 0 saturated carbocycles. The second-order valence-electron chi connectivity index (χ2n) is 4.18. The predicted octanol–water partition coefficient (Wildman–Crippen LogP) is 1.37. The van der Waals surface area contributed by atoms with Crippen LogP contribution in [0.5, 0.6) is 0 Å². The van der Waals surface area contributed by atoms with Gasteiger partial charge in [-0.25, -0.2) is 4.98 Å². The lowest BCUT2D eigenvalue weighted by atomic mass is 10.1. The zero-order chi connectivity index (χ0) is 12.1. The Kier molecular flexibility index (Phi) is 3.78. The molecule has 0 spiro atoms. The highest BCUT2D eigenvalue weighted by atomic mass is 16.5. The molecule has 0 radical (unpaired) electrons. The Morgan fingerprint density at radius 2 is 2.53 bits per heavy atom. The zero-order valence-electron chi connectivity index (χ0n) is 9.65. The van der Waals surface area contributed by atoms with Crippen molar-refractivity contribution in [2.75, 3.05) is 30.8 Å². The van der Waals surface area contributed by atoms with Crippen molar-refractivity contribution in [2.24, 2.45) is 5.92 Å². The summed E-state index contributed by atoms with van der Waals surface area (Å²) >= 11 is 0. The Morgan fingerprint density at radius 1 is 1.65 bits per heavy atom. The summed E-state index contributed by atoms with van der Waals surface area (Å²) in [5.41, 5.74) is 6.71. The minimum Gasteiger partial charge on any atom is -0.395 e. The van der Waals surface area contributed by atoms with Crippen LogP contribution in [-0.2, 0) is 4.74 Å². The monoisotopic (exact) mass is 232 g/mol. The second kappa shape index (κ2) is 5.51. The van der Waals surface area contributed by atoms with Gasteiger partial charge in [-0.1, -0.05) is 0 Å². The van der Waals surface area contributed by atoms with E-state index < -0.39 is 0 Å². The van der Waals surface area contributed by atoms with E-state index in [9.17, 15) is 0 Å². The molecule has 1 aromatic heterocycles. The van der Waals surface area contributed by atoms with Gasteiger partial charge < -0.3 is 15.8 Å². The third kappa shape index (κ3) is 2.86. The van der Waals surface area contributed by atoms with Crippen LogP contribution < -0.4 is 11.1 Å². The van der Waals surface area contributed by atoms with Crippen LogP contribution in [0.3, 0.4) is 0 Å². The van der Waals surface area contributed by atoms with Crippen molar-refractivity contribution in [3.8, 4) is 6.07 Å². The SMILES string of the molecule is N#Cc1ccnc(NCCC2CCOC2)c1N. The highest BCUT2D eigenvalue weighted by Gasteiger charge is 2.15. The van der Waals surface area contributed by atoms with Gasteiger partial charge in [0.05, 0.1) is 11.3 Å². The number of ether oxygens (including phenoxy) is 1. The maximum absolute atomic E-state index is 8.84. The van der Waals surface area contributed by atoms with Crippen molar-refractivity contribution in [2.45, 2.75) is 12.8 Å². The van der Waals surface area contributed by atoms with Gasteiger partial charge in [-0.15, -0.1) is 0 Å². The molecule has 2 rings (SSSR count). The molecule has 5 heteroatoms. The maximum atomic E-state index is 8.84. The maximum Gasteiger partial charge on any atom is 0.150 e. The van der Waals surface area contributed by atoms with Crippen LogP contribution in [0.4, 0.5) is 11.5 Å². The van der Waals surface area contributed by atoms with Crippen LogP contribution in [0.15, 0.2) is 12.3 Å². The molecule has 0 amide bonds. The van der Waals surface area contributed by atoms with Gasteiger partial charge in [0.2, 0.25) is 0 Å². The molecule has 0 aliphatic carbocycles. The highest BCUT2D eigenvalue weighted by molar-refractivity contribution is 5.68. The lowest BCUT2D eigenvalue weighted by Crippen LogP contribution is -2.11. The number of hydrogen-bond donors (Lipinski definition) is 2. The Labute approximate surface area is 101 Å². The van der Waals surface area contributed by atoms with Crippen molar-refractivity contribution in [1.82, 2.24) is 4.98 Å². The van der Waals surface area contributed by atoms with E-state index in [1.807, 2.05) is 6.07 Å². The van der Waals surface area contributed by atoms with Crippen molar-refractivity contribution < 1.29 is 4.74 Å². The second-order valence-corrected chi connectivity index (χ2v) is 4.18. The lowest BCUT2D eigenvalue weighted by molar-refractivity contribution is 0.185. The molecule has 0 bridgehead atoms. The number of nitriles is 1. The number of hydrogen-bond acceptors (Lipinski definition) is 5. The molecule has 1 atom stereocenters. The summed E-state index contributed by atoms with van der Waals surface area (Å²) in [6, 6.07) is 3.66. The molecule has 3 N–H and O–H groups in total. The molecule has 2 heterocycles. The number of nitrogens with one attached hydrogen (secondary N) is 1. The number of pyridine rings is 1. The van der Waals surface area contributed by atoms with E-state index in [0.717, 1.165) is 32.6 Å². The molecule has 0 aromatic carbocycles. The molecule has 1 aliphatic heterocycles. The molecule has 1 unspecified atom stereocenters. The first-order valence-corrected chi connectivity index (χ1v) is 5.77. The number of nitrogens with zero attached hydrogens (tertiary/aromatic N) is 2. The summed E-state index contributed by atoms with van der Waals surface area (Å²) in [6.45, 7) is 2.53. The Hall–Kier alpha value is -1.80. The molecule has 1 fully saturated rings. The molecule has 5 nitrogen and oxygen atoms in total. The molecular formula is C12H16N4O. The Balaban J connectivity index is 1.88. The largest absolute Gasteiger partial charge is 0.395 e. The predicted molar refractivity (Wildman–Crippen MR) is 65.4 cm³/mol. The molecular weight excluding hydrogens is 216 g/mol. The van der Waals surface area contributed by atoms with Crippen LogP contribution in [0.1, 0.15) is 18.4 Å². The summed E-state index contributed by atoms with van der Waals surface area (Å²) in [7, 11) is 0. The van der Waals surface area contributed by atoms with Gasteiger partial charge in [0, 0.05) is 26.0 Å². The van der Waals surface area contributed by atoms with Gasteiger partial charge in [0.1, 0.15) is 6.07 Å². The zero-order valence-corrected chi connectivity index (χ0v) is 9.65. The normalized spacial score (nSPS) is 18.9.